The second kappa shape index (κ2) is 4.63. The molecular formula is C17H16O2. The van der Waals surface area contributed by atoms with Gasteiger partial charge in [0.15, 0.2) is 5.78 Å². The van der Waals surface area contributed by atoms with Crippen LogP contribution < -0.4 is 0 Å². The zero-order valence-corrected chi connectivity index (χ0v) is 10.7. The summed E-state index contributed by atoms with van der Waals surface area (Å²) < 4.78 is 0. The number of aliphatic hydroxyl groups excluding tert-OH is 1. The Morgan fingerprint density at radius 3 is 2.05 bits per heavy atom. The van der Waals surface area contributed by atoms with Gasteiger partial charge >= 0.3 is 0 Å². The molecule has 1 aliphatic rings. The van der Waals surface area contributed by atoms with Gasteiger partial charge in [-0.1, -0.05) is 54.6 Å². The van der Waals surface area contributed by atoms with Crippen molar-refractivity contribution in [3.63, 3.8) is 0 Å². The highest BCUT2D eigenvalue weighted by Gasteiger charge is 2.49. The molecule has 1 aliphatic carbocycles. The topological polar surface area (TPSA) is 37.3 Å². The van der Waals surface area contributed by atoms with Crippen LogP contribution in [-0.4, -0.2) is 17.5 Å². The fourth-order valence-electron chi connectivity index (χ4n) is 2.36. The third-order valence-corrected chi connectivity index (χ3v) is 3.89. The van der Waals surface area contributed by atoms with E-state index in [2.05, 4.69) is 0 Å². The van der Waals surface area contributed by atoms with Gasteiger partial charge in [-0.2, -0.15) is 0 Å². The monoisotopic (exact) mass is 252 g/mol. The first kappa shape index (κ1) is 12.1. The van der Waals surface area contributed by atoms with Gasteiger partial charge in [0, 0.05) is 5.56 Å². The molecule has 0 aromatic heterocycles. The molecule has 0 amide bonds. The van der Waals surface area contributed by atoms with Crippen LogP contribution in [0.3, 0.4) is 0 Å². The van der Waals surface area contributed by atoms with E-state index in [9.17, 15) is 9.90 Å². The smallest absolute Gasteiger partial charge is 0.171 e. The Balaban J connectivity index is 1.86. The average Bonchev–Trinajstić information content (AvgIpc) is 3.29. The van der Waals surface area contributed by atoms with Crippen LogP contribution in [0.4, 0.5) is 0 Å². The molecule has 3 rings (SSSR count). The summed E-state index contributed by atoms with van der Waals surface area (Å²) in [4.78, 5) is 12.2. The molecule has 1 fully saturated rings. The molecule has 0 saturated heterocycles. The molecule has 2 heteroatoms. The Bertz CT molecular complexity index is 580. The third-order valence-electron chi connectivity index (χ3n) is 3.89. The Morgan fingerprint density at radius 1 is 0.947 bits per heavy atom. The Kier molecular flexibility index (Phi) is 2.96. The van der Waals surface area contributed by atoms with Crippen LogP contribution >= 0.6 is 0 Å². The summed E-state index contributed by atoms with van der Waals surface area (Å²) in [6.45, 7) is -0.0354. The first-order valence-corrected chi connectivity index (χ1v) is 6.56. The lowest BCUT2D eigenvalue weighted by Crippen LogP contribution is -2.19. The molecule has 96 valence electrons. The van der Waals surface area contributed by atoms with Gasteiger partial charge in [-0.25, -0.2) is 0 Å². The molecule has 0 aliphatic heterocycles. The van der Waals surface area contributed by atoms with Crippen molar-refractivity contribution in [2.24, 2.45) is 5.41 Å². The van der Waals surface area contributed by atoms with E-state index in [0.29, 0.717) is 5.56 Å². The highest BCUT2D eigenvalue weighted by molar-refractivity contribution is 6.02. The molecule has 0 spiro atoms. The van der Waals surface area contributed by atoms with Gasteiger partial charge in [-0.3, -0.25) is 4.79 Å². The second-order valence-electron chi connectivity index (χ2n) is 5.21. The van der Waals surface area contributed by atoms with E-state index < -0.39 is 5.41 Å². The Labute approximate surface area is 112 Å². The fraction of sp³-hybridized carbons (Fsp3) is 0.235. The van der Waals surface area contributed by atoms with Crippen LogP contribution in [0, 0.1) is 5.41 Å². The minimum absolute atomic E-state index is 0.0354. The van der Waals surface area contributed by atoms with Crippen LogP contribution in [0.2, 0.25) is 0 Å². The van der Waals surface area contributed by atoms with Gasteiger partial charge in [0.05, 0.1) is 12.0 Å². The van der Waals surface area contributed by atoms with Gasteiger partial charge in [0.25, 0.3) is 0 Å². The number of rotatable bonds is 4. The molecule has 2 aromatic carbocycles. The maximum Gasteiger partial charge on any atom is 0.171 e. The number of hydrogen-bond donors (Lipinski definition) is 1. The predicted octanol–water partition coefficient (Wildman–Crippen LogP) is 3.31. The predicted molar refractivity (Wildman–Crippen MR) is 75.0 cm³/mol. The highest BCUT2D eigenvalue weighted by Crippen LogP contribution is 2.47. The number of aliphatic hydroxyl groups is 1. The number of benzene rings is 2. The van der Waals surface area contributed by atoms with Crippen LogP contribution in [-0.2, 0) is 0 Å². The summed E-state index contributed by atoms with van der Waals surface area (Å²) in [7, 11) is 0. The minimum Gasteiger partial charge on any atom is -0.395 e. The minimum atomic E-state index is -0.478. The number of Topliss-reactive ketones (excluding diaryl/α,β-unsaturated/α-hetero) is 1. The SMILES string of the molecule is O=C(c1ccc(-c2ccccc2)cc1)C1(CO)CC1. The van der Waals surface area contributed by atoms with E-state index in [0.717, 1.165) is 24.0 Å². The van der Waals surface area contributed by atoms with Crippen molar-refractivity contribution < 1.29 is 9.90 Å². The normalized spacial score (nSPS) is 16.1. The molecule has 1 N–H and O–H groups in total. The van der Waals surface area contributed by atoms with E-state index in [-0.39, 0.29) is 12.4 Å². The van der Waals surface area contributed by atoms with Gasteiger partial charge in [-0.05, 0) is 24.0 Å². The molecule has 2 aromatic rings. The lowest BCUT2D eigenvalue weighted by Gasteiger charge is -2.10. The summed E-state index contributed by atoms with van der Waals surface area (Å²) in [5.74, 6) is 0.0783. The first-order valence-electron chi connectivity index (χ1n) is 6.56. The van der Waals surface area contributed by atoms with E-state index in [1.165, 1.54) is 0 Å². The average molecular weight is 252 g/mol. The third kappa shape index (κ3) is 2.20. The summed E-state index contributed by atoms with van der Waals surface area (Å²) in [6.07, 6.45) is 1.62. The van der Waals surface area contributed by atoms with Crippen molar-refractivity contribution in [1.82, 2.24) is 0 Å². The number of hydrogen-bond acceptors (Lipinski definition) is 2. The molecule has 0 unspecified atom stereocenters. The summed E-state index contributed by atoms with van der Waals surface area (Å²) in [5, 5.41) is 9.30. The summed E-state index contributed by atoms with van der Waals surface area (Å²) in [5.41, 5.74) is 2.47. The zero-order chi connectivity index (χ0) is 13.3. The number of ketones is 1. The maximum atomic E-state index is 12.2. The van der Waals surface area contributed by atoms with Crippen LogP contribution in [0.15, 0.2) is 54.6 Å². The standard InChI is InChI=1S/C17H16O2/c18-12-17(10-11-17)16(19)15-8-6-14(7-9-15)13-4-2-1-3-5-13/h1-9,18H,10-12H2. The van der Waals surface area contributed by atoms with Crippen LogP contribution in [0.1, 0.15) is 23.2 Å². The summed E-state index contributed by atoms with van der Waals surface area (Å²) >= 11 is 0. The Morgan fingerprint density at radius 2 is 1.53 bits per heavy atom. The fourth-order valence-corrected chi connectivity index (χ4v) is 2.36. The van der Waals surface area contributed by atoms with Gasteiger partial charge in [0.1, 0.15) is 0 Å². The lowest BCUT2D eigenvalue weighted by molar-refractivity contribution is 0.0829. The van der Waals surface area contributed by atoms with E-state index in [1.807, 2.05) is 54.6 Å². The maximum absolute atomic E-state index is 12.2. The molecule has 19 heavy (non-hydrogen) atoms. The second-order valence-corrected chi connectivity index (χ2v) is 5.21. The van der Waals surface area contributed by atoms with Crippen LogP contribution in [0.25, 0.3) is 11.1 Å². The van der Waals surface area contributed by atoms with Gasteiger partial charge in [-0.15, -0.1) is 0 Å². The van der Waals surface area contributed by atoms with E-state index in [4.69, 9.17) is 0 Å². The largest absolute Gasteiger partial charge is 0.395 e. The highest BCUT2D eigenvalue weighted by atomic mass is 16.3. The van der Waals surface area contributed by atoms with Crippen molar-refractivity contribution in [2.45, 2.75) is 12.8 Å². The van der Waals surface area contributed by atoms with Crippen molar-refractivity contribution in [2.75, 3.05) is 6.61 Å². The van der Waals surface area contributed by atoms with Crippen molar-refractivity contribution in [1.29, 1.82) is 0 Å². The van der Waals surface area contributed by atoms with Crippen molar-refractivity contribution in [3.05, 3.63) is 60.2 Å². The van der Waals surface area contributed by atoms with Crippen LogP contribution in [0.5, 0.6) is 0 Å². The van der Waals surface area contributed by atoms with Crippen molar-refractivity contribution >= 4 is 5.78 Å². The number of carbonyl (C=O) groups excluding carboxylic acids is 1. The lowest BCUT2D eigenvalue weighted by atomic mass is 9.94. The van der Waals surface area contributed by atoms with E-state index >= 15 is 0 Å². The molecule has 0 bridgehead atoms. The number of carbonyl (C=O) groups is 1. The van der Waals surface area contributed by atoms with Crippen molar-refractivity contribution in [3.8, 4) is 11.1 Å². The quantitative estimate of drug-likeness (QED) is 0.848. The molecule has 0 radical (unpaired) electrons. The van der Waals surface area contributed by atoms with Gasteiger partial charge < -0.3 is 5.11 Å². The molecule has 0 atom stereocenters. The Hall–Kier alpha value is -1.93. The molecular weight excluding hydrogens is 236 g/mol. The summed E-state index contributed by atoms with van der Waals surface area (Å²) in [6, 6.07) is 17.7. The molecule has 2 nitrogen and oxygen atoms in total. The van der Waals surface area contributed by atoms with E-state index in [1.54, 1.807) is 0 Å². The molecule has 1 saturated carbocycles. The first-order chi connectivity index (χ1) is 9.25. The van der Waals surface area contributed by atoms with Gasteiger partial charge in [0.2, 0.25) is 0 Å². The zero-order valence-electron chi connectivity index (χ0n) is 10.7. The molecule has 0 heterocycles.